The van der Waals surface area contributed by atoms with Gasteiger partial charge in [-0.15, -0.1) is 0 Å². The molecule has 0 aliphatic heterocycles. The molecule has 1 heterocycles. The summed E-state index contributed by atoms with van der Waals surface area (Å²) in [4.78, 5) is 4.25. The Labute approximate surface area is 261 Å². The Balaban J connectivity index is 1.16. The highest BCUT2D eigenvalue weighted by atomic mass is 33.1. The van der Waals surface area contributed by atoms with Gasteiger partial charge in [0.15, 0.2) is 6.20 Å². The molecule has 3 nitrogen and oxygen atoms in total. The second-order valence-electron chi connectivity index (χ2n) is 10.8. The highest BCUT2D eigenvalue weighted by Gasteiger charge is 2.07. The van der Waals surface area contributed by atoms with Crippen molar-refractivity contribution in [2.75, 3.05) is 49.5 Å². The molecule has 0 fully saturated rings. The van der Waals surface area contributed by atoms with E-state index in [1.807, 2.05) is 21.6 Å². The van der Waals surface area contributed by atoms with E-state index in [9.17, 15) is 0 Å². The van der Waals surface area contributed by atoms with E-state index >= 15 is 0 Å². The van der Waals surface area contributed by atoms with E-state index in [0.29, 0.717) is 0 Å². The van der Waals surface area contributed by atoms with Crippen molar-refractivity contribution in [3.05, 3.63) is 125 Å². The average molecular weight is 595 g/mol. The maximum absolute atomic E-state index is 2.36. The first-order chi connectivity index (χ1) is 20.5. The predicted molar refractivity (Wildman–Crippen MR) is 190 cm³/mol. The van der Waals surface area contributed by atoms with Crippen LogP contribution in [-0.4, -0.2) is 39.7 Å². The third kappa shape index (κ3) is 10.1. The molecule has 0 spiro atoms. The summed E-state index contributed by atoms with van der Waals surface area (Å²) in [7, 11) is 12.3. The first-order valence-electron chi connectivity index (χ1n) is 14.7. The van der Waals surface area contributed by atoms with Gasteiger partial charge in [0.1, 0.15) is 6.54 Å². The lowest BCUT2D eigenvalue weighted by Gasteiger charge is -2.11. The van der Waals surface area contributed by atoms with E-state index < -0.39 is 0 Å². The van der Waals surface area contributed by atoms with Crippen molar-refractivity contribution < 1.29 is 4.57 Å². The zero-order valence-corrected chi connectivity index (χ0v) is 27.1. The van der Waals surface area contributed by atoms with Crippen molar-refractivity contribution in [2.45, 2.75) is 25.8 Å². The summed E-state index contributed by atoms with van der Waals surface area (Å²) in [5.41, 5.74) is 8.87. The number of hydrogen-bond acceptors (Lipinski definition) is 4. The van der Waals surface area contributed by atoms with E-state index in [-0.39, 0.29) is 0 Å². The fourth-order valence-electron chi connectivity index (χ4n) is 4.62. The molecule has 42 heavy (non-hydrogen) atoms. The molecule has 0 amide bonds. The minimum atomic E-state index is 1.04. The number of hydrogen-bond donors (Lipinski definition) is 0. The standard InChI is InChI=1S/C37H44N3S2/c1-38(2)35-21-15-31(16-22-35)14-20-33-11-5-6-12-34(33)26-30-42-41-29-10-9-28-40-27-8-7-13-37(40)25-19-32-17-23-36(24-18-32)39(3)4/h5-8,11-25,27H,9-10,26,28-30H2,1-4H3/q+1/b20-14+. The second-order valence-corrected chi connectivity index (χ2v) is 13.5. The number of aryl methyl sites for hydroxylation is 2. The van der Waals surface area contributed by atoms with Crippen LogP contribution in [0, 0.1) is 0 Å². The monoisotopic (exact) mass is 594 g/mol. The largest absolute Gasteiger partial charge is 0.378 e. The first kappa shape index (κ1) is 31.5. The number of pyridine rings is 1. The minimum absolute atomic E-state index is 1.04. The second kappa shape index (κ2) is 16.9. The van der Waals surface area contributed by atoms with Crippen LogP contribution in [0.15, 0.2) is 97.2 Å². The maximum atomic E-state index is 2.36. The molecule has 0 N–H and O–H groups in total. The Morgan fingerprint density at radius 1 is 0.595 bits per heavy atom. The van der Waals surface area contributed by atoms with Crippen molar-refractivity contribution >= 4 is 57.3 Å². The predicted octanol–water partition coefficient (Wildman–Crippen LogP) is 8.85. The number of aromatic nitrogens is 1. The van der Waals surface area contributed by atoms with Gasteiger partial charge in [-0.25, -0.2) is 0 Å². The third-order valence-corrected chi connectivity index (χ3v) is 9.66. The number of rotatable bonds is 15. The van der Waals surface area contributed by atoms with Gasteiger partial charge in [-0.05, 0) is 71.5 Å². The molecule has 0 radical (unpaired) electrons. The van der Waals surface area contributed by atoms with Crippen LogP contribution in [0.1, 0.15) is 40.8 Å². The van der Waals surface area contributed by atoms with Gasteiger partial charge in [-0.3, -0.25) is 0 Å². The van der Waals surface area contributed by atoms with Crippen molar-refractivity contribution in [2.24, 2.45) is 0 Å². The lowest BCUT2D eigenvalue weighted by molar-refractivity contribution is -0.699. The third-order valence-electron chi connectivity index (χ3n) is 7.17. The Hall–Kier alpha value is -3.41. The molecule has 0 aliphatic carbocycles. The van der Waals surface area contributed by atoms with E-state index in [2.05, 4.69) is 164 Å². The summed E-state index contributed by atoms with van der Waals surface area (Å²) in [5.74, 6) is 2.32. The smallest absolute Gasteiger partial charge is 0.205 e. The lowest BCUT2D eigenvalue weighted by Crippen LogP contribution is -2.36. The van der Waals surface area contributed by atoms with Crippen molar-refractivity contribution in [1.82, 2.24) is 0 Å². The summed E-state index contributed by atoms with van der Waals surface area (Å²) >= 11 is 0. The van der Waals surface area contributed by atoms with E-state index in [1.165, 1.54) is 57.9 Å². The Kier molecular flexibility index (Phi) is 12.7. The normalized spacial score (nSPS) is 11.4. The van der Waals surface area contributed by atoms with Crippen LogP contribution in [0.4, 0.5) is 11.4 Å². The van der Waals surface area contributed by atoms with E-state index in [4.69, 9.17) is 0 Å². The summed E-state index contributed by atoms with van der Waals surface area (Å²) in [6, 6.07) is 32.6. The minimum Gasteiger partial charge on any atom is -0.378 e. The fraction of sp³-hybridized carbons (Fsp3) is 0.270. The van der Waals surface area contributed by atoms with Crippen LogP contribution in [0.25, 0.3) is 24.3 Å². The van der Waals surface area contributed by atoms with E-state index in [1.54, 1.807) is 0 Å². The zero-order valence-electron chi connectivity index (χ0n) is 25.4. The van der Waals surface area contributed by atoms with Gasteiger partial charge in [0.25, 0.3) is 0 Å². The van der Waals surface area contributed by atoms with Crippen LogP contribution in [0.2, 0.25) is 0 Å². The highest BCUT2D eigenvalue weighted by molar-refractivity contribution is 8.76. The molecule has 0 saturated carbocycles. The number of unbranched alkanes of at least 4 members (excludes halogenated alkanes) is 1. The highest BCUT2D eigenvalue weighted by Crippen LogP contribution is 2.25. The molecule has 0 atom stereocenters. The Morgan fingerprint density at radius 3 is 1.86 bits per heavy atom. The van der Waals surface area contributed by atoms with Crippen molar-refractivity contribution in [3.8, 4) is 0 Å². The molecular weight excluding hydrogens is 551 g/mol. The molecule has 1 aromatic heterocycles. The number of benzene rings is 3. The molecule has 0 unspecified atom stereocenters. The quantitative estimate of drug-likeness (QED) is 0.0589. The van der Waals surface area contributed by atoms with Gasteiger partial charge in [-0.1, -0.05) is 82.3 Å². The molecule has 0 aliphatic rings. The van der Waals surface area contributed by atoms with Gasteiger partial charge >= 0.3 is 0 Å². The molecule has 218 valence electrons. The molecule has 4 rings (SSSR count). The van der Waals surface area contributed by atoms with Crippen LogP contribution >= 0.6 is 21.6 Å². The lowest BCUT2D eigenvalue weighted by atomic mass is 10.0. The SMILES string of the molecule is CN(C)c1ccc(/C=C/c2ccccc2CCSSCCCC[n+]2ccccc2/C=C/c2ccc(N(C)C)cc2)cc1. The summed E-state index contributed by atoms with van der Waals surface area (Å²) in [6.45, 7) is 1.04. The number of anilines is 2. The van der Waals surface area contributed by atoms with Crippen molar-refractivity contribution in [1.29, 1.82) is 0 Å². The van der Waals surface area contributed by atoms with Gasteiger partial charge in [0.05, 0.1) is 0 Å². The Morgan fingerprint density at radius 2 is 1.19 bits per heavy atom. The molecule has 5 heteroatoms. The van der Waals surface area contributed by atoms with Crippen LogP contribution < -0.4 is 14.4 Å². The average Bonchev–Trinajstić information content (AvgIpc) is 3.01. The fourth-order valence-corrected chi connectivity index (χ4v) is 6.79. The van der Waals surface area contributed by atoms with Gasteiger partial charge in [0, 0.05) is 75.7 Å². The summed E-state index contributed by atoms with van der Waals surface area (Å²) < 4.78 is 2.36. The molecule has 4 aromatic rings. The van der Waals surface area contributed by atoms with Gasteiger partial charge in [0.2, 0.25) is 5.69 Å². The van der Waals surface area contributed by atoms with Gasteiger partial charge in [-0.2, -0.15) is 4.57 Å². The van der Waals surface area contributed by atoms with Crippen LogP contribution in [-0.2, 0) is 13.0 Å². The molecule has 0 saturated heterocycles. The van der Waals surface area contributed by atoms with Crippen LogP contribution in [0.3, 0.4) is 0 Å². The molecule has 0 bridgehead atoms. The van der Waals surface area contributed by atoms with Crippen LogP contribution in [0.5, 0.6) is 0 Å². The summed E-state index contributed by atoms with van der Waals surface area (Å²) in [5, 5.41) is 0. The van der Waals surface area contributed by atoms with Gasteiger partial charge < -0.3 is 9.80 Å². The van der Waals surface area contributed by atoms with E-state index in [0.717, 1.165) is 18.7 Å². The topological polar surface area (TPSA) is 10.4 Å². The number of nitrogens with zero attached hydrogens (tertiary/aromatic N) is 3. The van der Waals surface area contributed by atoms with Crippen molar-refractivity contribution in [3.63, 3.8) is 0 Å². The summed E-state index contributed by atoms with van der Waals surface area (Å²) in [6.07, 6.45) is 14.6. The first-order valence-corrected chi connectivity index (χ1v) is 17.2. The Bertz CT molecular complexity index is 1310. The maximum Gasteiger partial charge on any atom is 0.205 e. The zero-order chi connectivity index (χ0) is 29.6. The molecular formula is C37H44N3S2+. The molecule has 3 aromatic carbocycles.